The third-order valence-electron chi connectivity index (χ3n) is 7.39. The maximum absolute atomic E-state index is 13.2. The Bertz CT molecular complexity index is 1210. The van der Waals surface area contributed by atoms with Gasteiger partial charge in [0.15, 0.2) is 17.5 Å². The van der Waals surface area contributed by atoms with E-state index < -0.39 is 23.4 Å². The molecule has 0 saturated heterocycles. The monoisotopic (exact) mass is 574 g/mol. The van der Waals surface area contributed by atoms with Crippen molar-refractivity contribution in [3.8, 4) is 5.75 Å². The number of hydrogen-bond acceptors (Lipinski definition) is 5. The van der Waals surface area contributed by atoms with Gasteiger partial charge in [-0.25, -0.2) is 18.0 Å². The second kappa shape index (κ2) is 13.6. The summed E-state index contributed by atoms with van der Waals surface area (Å²) in [4.78, 5) is 24.7. The van der Waals surface area contributed by atoms with Crippen LogP contribution >= 0.6 is 0 Å². The van der Waals surface area contributed by atoms with Crippen LogP contribution in [0.5, 0.6) is 5.75 Å². The number of rotatable bonds is 14. The van der Waals surface area contributed by atoms with Crippen molar-refractivity contribution in [2.75, 3.05) is 13.2 Å². The minimum Gasteiger partial charge on any atom is -0.494 e. The maximum Gasteiger partial charge on any atom is 0.331 e. The summed E-state index contributed by atoms with van der Waals surface area (Å²) in [6, 6.07) is 8.72. The molecule has 0 bridgehead atoms. The lowest BCUT2D eigenvalue weighted by Gasteiger charge is -2.27. The molecule has 1 atom stereocenters. The van der Waals surface area contributed by atoms with E-state index in [4.69, 9.17) is 14.2 Å². The normalized spacial score (nSPS) is 17.9. The zero-order chi connectivity index (χ0) is 30.3. The summed E-state index contributed by atoms with van der Waals surface area (Å²) in [5.74, 6) is -4.29. The van der Waals surface area contributed by atoms with Crippen molar-refractivity contribution in [2.24, 2.45) is 16.2 Å². The van der Waals surface area contributed by atoms with Gasteiger partial charge in [-0.1, -0.05) is 46.8 Å². The van der Waals surface area contributed by atoms with E-state index in [1.54, 1.807) is 30.3 Å². The van der Waals surface area contributed by atoms with Crippen molar-refractivity contribution >= 4 is 18.0 Å². The Morgan fingerprint density at radius 3 is 2.05 bits per heavy atom. The quantitative estimate of drug-likeness (QED) is 0.0985. The smallest absolute Gasteiger partial charge is 0.331 e. The predicted molar refractivity (Wildman–Crippen MR) is 151 cm³/mol. The van der Waals surface area contributed by atoms with E-state index in [2.05, 4.69) is 34.6 Å². The molecule has 0 amide bonds. The van der Waals surface area contributed by atoms with Crippen LogP contribution in [0, 0.1) is 33.7 Å². The Balaban J connectivity index is 1.28. The molecule has 1 saturated carbocycles. The molecule has 5 nitrogen and oxygen atoms in total. The molecule has 2 aromatic rings. The highest BCUT2D eigenvalue weighted by atomic mass is 19.2. The molecule has 0 spiro atoms. The molecule has 3 rings (SSSR count). The van der Waals surface area contributed by atoms with Gasteiger partial charge in [-0.15, -0.1) is 0 Å². The van der Waals surface area contributed by atoms with E-state index in [1.165, 1.54) is 6.08 Å². The van der Waals surface area contributed by atoms with Crippen LogP contribution in [0.25, 0.3) is 6.08 Å². The maximum atomic E-state index is 13.2. The van der Waals surface area contributed by atoms with Gasteiger partial charge < -0.3 is 14.2 Å². The third kappa shape index (κ3) is 9.37. The number of hydrogen-bond donors (Lipinski definition) is 0. The highest BCUT2D eigenvalue weighted by Gasteiger charge is 2.67. The van der Waals surface area contributed by atoms with Crippen molar-refractivity contribution in [3.63, 3.8) is 0 Å². The van der Waals surface area contributed by atoms with Crippen LogP contribution in [-0.2, 0) is 25.7 Å². The standard InChI is InChI=1S/C33H41F3O5/c1-31(2,3)21-33(22-32(33,4)5)30(38)40-17-9-7-6-8-16-39-25-13-10-23(11-14-25)12-15-28(37)41-20-24-18-26(34)29(36)27(35)19-24/h10-15,18-19H,6-9,16-17,20-22H2,1-5H3/b15-12+. The molecule has 224 valence electrons. The van der Waals surface area contributed by atoms with E-state index in [0.717, 1.165) is 56.2 Å². The van der Waals surface area contributed by atoms with Crippen LogP contribution in [-0.4, -0.2) is 25.2 Å². The number of carbonyl (C=O) groups is 2. The van der Waals surface area contributed by atoms with E-state index in [0.29, 0.717) is 19.0 Å². The van der Waals surface area contributed by atoms with Crippen molar-refractivity contribution in [1.29, 1.82) is 0 Å². The zero-order valence-corrected chi connectivity index (χ0v) is 24.7. The molecule has 1 unspecified atom stereocenters. The second-order valence-electron chi connectivity index (χ2n) is 12.7. The minimum atomic E-state index is -1.57. The molecule has 1 aliphatic carbocycles. The lowest BCUT2D eigenvalue weighted by molar-refractivity contribution is -0.153. The average Bonchev–Trinajstić information content (AvgIpc) is 3.45. The zero-order valence-electron chi connectivity index (χ0n) is 24.7. The molecule has 0 heterocycles. The lowest BCUT2D eigenvalue weighted by atomic mass is 9.79. The number of esters is 2. The number of benzene rings is 2. The van der Waals surface area contributed by atoms with Crippen molar-refractivity contribution < 1.29 is 37.0 Å². The molecular weight excluding hydrogens is 533 g/mol. The minimum absolute atomic E-state index is 0.00684. The first-order chi connectivity index (χ1) is 19.2. The van der Waals surface area contributed by atoms with E-state index in [-0.39, 0.29) is 34.4 Å². The van der Waals surface area contributed by atoms with Gasteiger partial charge in [0.2, 0.25) is 0 Å². The molecule has 41 heavy (non-hydrogen) atoms. The largest absolute Gasteiger partial charge is 0.494 e. The fourth-order valence-corrected chi connectivity index (χ4v) is 5.12. The molecule has 0 radical (unpaired) electrons. The van der Waals surface area contributed by atoms with Crippen LogP contribution in [0.1, 0.15) is 84.3 Å². The summed E-state index contributed by atoms with van der Waals surface area (Å²) >= 11 is 0. The summed E-state index contributed by atoms with van der Waals surface area (Å²) in [6.07, 6.45) is 8.11. The summed E-state index contributed by atoms with van der Waals surface area (Å²) in [6.45, 7) is 11.4. The first-order valence-electron chi connectivity index (χ1n) is 14.1. The van der Waals surface area contributed by atoms with Gasteiger partial charge in [-0.3, -0.25) is 4.79 Å². The van der Waals surface area contributed by atoms with Gasteiger partial charge >= 0.3 is 11.9 Å². The fraction of sp³-hybridized carbons (Fsp3) is 0.515. The topological polar surface area (TPSA) is 61.8 Å². The molecule has 2 aromatic carbocycles. The first kappa shape index (κ1) is 32.2. The van der Waals surface area contributed by atoms with E-state index in [1.807, 2.05) is 0 Å². The highest BCUT2D eigenvalue weighted by Crippen LogP contribution is 2.68. The first-order valence-corrected chi connectivity index (χ1v) is 14.1. The third-order valence-corrected chi connectivity index (χ3v) is 7.39. The van der Waals surface area contributed by atoms with Crippen LogP contribution in [0.2, 0.25) is 0 Å². The fourth-order valence-electron chi connectivity index (χ4n) is 5.12. The molecule has 0 N–H and O–H groups in total. The summed E-state index contributed by atoms with van der Waals surface area (Å²) < 4.78 is 55.9. The SMILES string of the molecule is CC(C)(C)CC1(C(=O)OCCCCCCOc2ccc(/C=C/C(=O)OCc3cc(F)c(F)c(F)c3)cc2)CC1(C)C. The Morgan fingerprint density at radius 2 is 1.49 bits per heavy atom. The van der Waals surface area contributed by atoms with Crippen LogP contribution < -0.4 is 4.74 Å². The molecular formula is C33H41F3O5. The van der Waals surface area contributed by atoms with E-state index in [9.17, 15) is 22.8 Å². The molecule has 8 heteroatoms. The summed E-state index contributed by atoms with van der Waals surface area (Å²) in [5.41, 5.74) is 0.491. The number of halogens is 3. The number of ether oxygens (including phenoxy) is 3. The van der Waals surface area contributed by atoms with Gasteiger partial charge in [0.25, 0.3) is 0 Å². The Kier molecular flexibility index (Phi) is 10.7. The van der Waals surface area contributed by atoms with Crippen molar-refractivity contribution in [1.82, 2.24) is 0 Å². The van der Waals surface area contributed by atoms with Crippen LogP contribution in [0.15, 0.2) is 42.5 Å². The van der Waals surface area contributed by atoms with Crippen molar-refractivity contribution in [2.45, 2.75) is 79.8 Å². The van der Waals surface area contributed by atoms with Gasteiger partial charge in [-0.05, 0) is 90.8 Å². The van der Waals surface area contributed by atoms with Crippen LogP contribution in [0.3, 0.4) is 0 Å². The van der Waals surface area contributed by atoms with Gasteiger partial charge in [0.05, 0.1) is 18.6 Å². The van der Waals surface area contributed by atoms with E-state index >= 15 is 0 Å². The number of unbranched alkanes of at least 4 members (excludes halogenated alkanes) is 3. The Morgan fingerprint density at radius 1 is 0.902 bits per heavy atom. The molecule has 0 aliphatic heterocycles. The predicted octanol–water partition coefficient (Wildman–Crippen LogP) is 8.20. The second-order valence-corrected chi connectivity index (χ2v) is 12.7. The van der Waals surface area contributed by atoms with Crippen LogP contribution in [0.4, 0.5) is 13.2 Å². The summed E-state index contributed by atoms with van der Waals surface area (Å²) in [5, 5.41) is 0. The number of carbonyl (C=O) groups excluding carboxylic acids is 2. The Hall–Kier alpha value is -3.29. The highest BCUT2D eigenvalue weighted by molar-refractivity contribution is 5.87. The molecule has 1 fully saturated rings. The molecule has 1 aliphatic rings. The average molecular weight is 575 g/mol. The lowest BCUT2D eigenvalue weighted by Crippen LogP contribution is -2.29. The van der Waals surface area contributed by atoms with Gasteiger partial charge in [0.1, 0.15) is 12.4 Å². The van der Waals surface area contributed by atoms with Gasteiger partial charge in [0, 0.05) is 6.08 Å². The van der Waals surface area contributed by atoms with Gasteiger partial charge in [-0.2, -0.15) is 0 Å². The summed E-state index contributed by atoms with van der Waals surface area (Å²) in [7, 11) is 0. The molecule has 0 aromatic heterocycles. The Labute approximate surface area is 241 Å². The van der Waals surface area contributed by atoms with Crippen molar-refractivity contribution in [3.05, 3.63) is 71.1 Å².